The van der Waals surface area contributed by atoms with E-state index in [0.29, 0.717) is 31.4 Å². The van der Waals surface area contributed by atoms with Gasteiger partial charge in [0.15, 0.2) is 5.82 Å². The third-order valence-corrected chi connectivity index (χ3v) is 5.46. The molecule has 1 aromatic carbocycles. The Morgan fingerprint density at radius 1 is 1.19 bits per heavy atom. The summed E-state index contributed by atoms with van der Waals surface area (Å²) in [5.74, 6) is 1.38. The zero-order valence-electron chi connectivity index (χ0n) is 15.5. The Hall–Kier alpha value is -2.37. The van der Waals surface area contributed by atoms with Crippen LogP contribution in [0.25, 0.3) is 0 Å². The summed E-state index contributed by atoms with van der Waals surface area (Å²) in [6.45, 7) is 5.83. The van der Waals surface area contributed by atoms with E-state index >= 15 is 0 Å². The fraction of sp³-hybridized carbons (Fsp3) is 0.550. The van der Waals surface area contributed by atoms with Crippen molar-refractivity contribution in [2.24, 2.45) is 11.8 Å². The highest BCUT2D eigenvalue weighted by atomic mass is 16.2. The molecule has 0 bridgehead atoms. The van der Waals surface area contributed by atoms with Crippen molar-refractivity contribution in [3.63, 3.8) is 0 Å². The smallest absolute Gasteiger partial charge is 0.326 e. The molecule has 2 heterocycles. The second kappa shape index (κ2) is 6.74. The molecule has 1 fully saturated rings. The van der Waals surface area contributed by atoms with Gasteiger partial charge in [-0.05, 0) is 24.3 Å². The van der Waals surface area contributed by atoms with E-state index in [9.17, 15) is 9.59 Å². The Morgan fingerprint density at radius 3 is 2.54 bits per heavy atom. The fourth-order valence-corrected chi connectivity index (χ4v) is 3.90. The SMILES string of the molecule is CC(C)Cn1nc2n(c1=O)CCN(C(=O)C1CCC1)C2c1ccccc1. The lowest BCUT2D eigenvalue weighted by atomic mass is 9.83. The number of hydrogen-bond acceptors (Lipinski definition) is 3. The molecule has 26 heavy (non-hydrogen) atoms. The summed E-state index contributed by atoms with van der Waals surface area (Å²) in [7, 11) is 0. The number of fused-ring (bicyclic) bond motifs is 1. The van der Waals surface area contributed by atoms with Crippen molar-refractivity contribution in [2.45, 2.75) is 52.2 Å². The summed E-state index contributed by atoms with van der Waals surface area (Å²) < 4.78 is 3.32. The first-order valence-electron chi connectivity index (χ1n) is 9.59. The van der Waals surface area contributed by atoms with Crippen LogP contribution < -0.4 is 5.69 Å². The molecule has 6 heteroatoms. The van der Waals surface area contributed by atoms with Crippen LogP contribution in [0.5, 0.6) is 0 Å². The van der Waals surface area contributed by atoms with Gasteiger partial charge in [-0.3, -0.25) is 9.36 Å². The number of carbonyl (C=O) groups is 1. The molecular weight excluding hydrogens is 328 g/mol. The van der Waals surface area contributed by atoms with E-state index in [4.69, 9.17) is 0 Å². The molecule has 1 aromatic heterocycles. The highest BCUT2D eigenvalue weighted by Gasteiger charge is 2.39. The van der Waals surface area contributed by atoms with Crippen molar-refractivity contribution >= 4 is 5.91 Å². The van der Waals surface area contributed by atoms with E-state index < -0.39 is 0 Å². The first-order chi connectivity index (χ1) is 12.6. The van der Waals surface area contributed by atoms with Crippen molar-refractivity contribution in [1.29, 1.82) is 0 Å². The lowest BCUT2D eigenvalue weighted by Gasteiger charge is -2.39. The van der Waals surface area contributed by atoms with Crippen molar-refractivity contribution in [1.82, 2.24) is 19.2 Å². The van der Waals surface area contributed by atoms with Crippen molar-refractivity contribution in [3.8, 4) is 0 Å². The number of aromatic nitrogens is 3. The third kappa shape index (κ3) is 2.87. The Morgan fingerprint density at radius 2 is 1.92 bits per heavy atom. The van der Waals surface area contributed by atoms with Crippen LogP contribution in [0, 0.1) is 11.8 Å². The topological polar surface area (TPSA) is 60.1 Å². The second-order valence-electron chi connectivity index (χ2n) is 7.84. The third-order valence-electron chi connectivity index (χ3n) is 5.46. The van der Waals surface area contributed by atoms with Gasteiger partial charge in [0.1, 0.15) is 6.04 Å². The maximum absolute atomic E-state index is 13.0. The predicted octanol–water partition coefficient (Wildman–Crippen LogP) is 2.43. The van der Waals surface area contributed by atoms with E-state index in [1.807, 2.05) is 35.2 Å². The van der Waals surface area contributed by atoms with Gasteiger partial charge in [-0.1, -0.05) is 50.6 Å². The summed E-state index contributed by atoms with van der Waals surface area (Å²) in [5, 5.41) is 4.66. The summed E-state index contributed by atoms with van der Waals surface area (Å²) in [5.41, 5.74) is 0.952. The zero-order chi connectivity index (χ0) is 18.3. The van der Waals surface area contributed by atoms with Gasteiger partial charge in [0.25, 0.3) is 0 Å². The molecule has 1 aliphatic heterocycles. The average Bonchev–Trinajstić information content (AvgIpc) is 2.88. The molecule has 1 amide bonds. The highest BCUT2D eigenvalue weighted by Crippen LogP contribution is 2.35. The van der Waals surface area contributed by atoms with Gasteiger partial charge in [0.2, 0.25) is 5.91 Å². The predicted molar refractivity (Wildman–Crippen MR) is 98.7 cm³/mol. The molecule has 1 atom stereocenters. The molecule has 138 valence electrons. The molecule has 0 radical (unpaired) electrons. The molecule has 2 aromatic rings. The second-order valence-corrected chi connectivity index (χ2v) is 7.84. The number of rotatable bonds is 4. The van der Waals surface area contributed by atoms with Crippen LogP contribution in [0.15, 0.2) is 35.1 Å². The van der Waals surface area contributed by atoms with Crippen molar-refractivity contribution in [3.05, 3.63) is 52.2 Å². The van der Waals surface area contributed by atoms with Crippen LogP contribution in [-0.4, -0.2) is 31.7 Å². The Balaban J connectivity index is 1.78. The Labute approximate surface area is 153 Å². The molecule has 1 saturated carbocycles. The molecular formula is C20H26N4O2. The molecule has 0 saturated heterocycles. The number of carbonyl (C=O) groups excluding carboxylic acids is 1. The minimum atomic E-state index is -0.279. The van der Waals surface area contributed by atoms with E-state index in [1.54, 1.807) is 9.25 Å². The Bertz CT molecular complexity index is 848. The van der Waals surface area contributed by atoms with Gasteiger partial charge >= 0.3 is 5.69 Å². The van der Waals surface area contributed by atoms with Gasteiger partial charge in [0, 0.05) is 25.6 Å². The fourth-order valence-electron chi connectivity index (χ4n) is 3.90. The lowest BCUT2D eigenvalue weighted by Crippen LogP contribution is -2.48. The largest absolute Gasteiger partial charge is 0.346 e. The van der Waals surface area contributed by atoms with Gasteiger partial charge in [-0.15, -0.1) is 0 Å². The number of nitrogens with zero attached hydrogens (tertiary/aromatic N) is 4. The first-order valence-corrected chi connectivity index (χ1v) is 9.59. The van der Waals surface area contributed by atoms with Crippen molar-refractivity contribution in [2.75, 3.05) is 6.54 Å². The summed E-state index contributed by atoms with van der Waals surface area (Å²) in [6.07, 6.45) is 3.09. The lowest BCUT2D eigenvalue weighted by molar-refractivity contribution is -0.141. The highest BCUT2D eigenvalue weighted by molar-refractivity contribution is 5.80. The van der Waals surface area contributed by atoms with Gasteiger partial charge < -0.3 is 4.90 Å². The van der Waals surface area contributed by atoms with E-state index in [0.717, 1.165) is 24.8 Å². The van der Waals surface area contributed by atoms with Crippen LogP contribution in [0.4, 0.5) is 0 Å². The minimum absolute atomic E-state index is 0.0645. The van der Waals surface area contributed by atoms with Crippen LogP contribution in [0.2, 0.25) is 0 Å². The number of benzene rings is 1. The van der Waals surface area contributed by atoms with E-state index in [1.165, 1.54) is 0 Å². The maximum Gasteiger partial charge on any atom is 0.346 e. The average molecular weight is 354 g/mol. The standard InChI is InChI=1S/C20H26N4O2/c1-14(2)13-24-20(26)23-12-11-22(19(25)16-9-6-10-16)17(18(23)21-24)15-7-4-3-5-8-15/h3-5,7-8,14,16-17H,6,9-13H2,1-2H3. The maximum atomic E-state index is 13.0. The summed E-state index contributed by atoms with van der Waals surface area (Å²) >= 11 is 0. The molecule has 1 unspecified atom stereocenters. The van der Waals surface area contributed by atoms with Crippen LogP contribution in [0.3, 0.4) is 0 Å². The zero-order valence-corrected chi connectivity index (χ0v) is 15.5. The molecule has 1 aliphatic carbocycles. The molecule has 0 spiro atoms. The minimum Gasteiger partial charge on any atom is -0.326 e. The molecule has 2 aliphatic rings. The van der Waals surface area contributed by atoms with Crippen LogP contribution in [0.1, 0.15) is 50.5 Å². The normalized spacial score (nSPS) is 20.1. The number of hydrogen-bond donors (Lipinski definition) is 0. The van der Waals surface area contributed by atoms with Gasteiger partial charge in [-0.2, -0.15) is 5.10 Å². The van der Waals surface area contributed by atoms with Gasteiger partial charge in [0.05, 0.1) is 0 Å². The summed E-state index contributed by atoms with van der Waals surface area (Å²) in [4.78, 5) is 27.8. The monoisotopic (exact) mass is 354 g/mol. The van der Waals surface area contributed by atoms with Crippen LogP contribution in [-0.2, 0) is 17.9 Å². The van der Waals surface area contributed by atoms with Crippen LogP contribution >= 0.6 is 0 Å². The molecule has 6 nitrogen and oxygen atoms in total. The van der Waals surface area contributed by atoms with E-state index in [-0.39, 0.29) is 23.6 Å². The first kappa shape index (κ1) is 17.1. The summed E-state index contributed by atoms with van der Waals surface area (Å²) in [6, 6.07) is 9.68. The van der Waals surface area contributed by atoms with Crippen molar-refractivity contribution < 1.29 is 4.79 Å². The molecule has 0 N–H and O–H groups in total. The number of amides is 1. The Kier molecular flexibility index (Phi) is 4.42. The quantitative estimate of drug-likeness (QED) is 0.847. The van der Waals surface area contributed by atoms with E-state index in [2.05, 4.69) is 18.9 Å². The van der Waals surface area contributed by atoms with Gasteiger partial charge in [-0.25, -0.2) is 9.48 Å². The molecule has 4 rings (SSSR count).